The minimum atomic E-state index is -1.38. The van der Waals surface area contributed by atoms with Gasteiger partial charge in [0, 0.05) is 19.7 Å². The summed E-state index contributed by atoms with van der Waals surface area (Å²) in [6.07, 6.45) is 3.24. The van der Waals surface area contributed by atoms with Crippen LogP contribution in [0.15, 0.2) is 12.5 Å². The number of hydrogen-bond acceptors (Lipinski definition) is 4. The molecular weight excluding hydrogens is 276 g/mol. The van der Waals surface area contributed by atoms with Crippen LogP contribution in [0.5, 0.6) is 0 Å². The van der Waals surface area contributed by atoms with E-state index in [4.69, 9.17) is 5.73 Å². The number of aromatic nitrogens is 2. The molecule has 1 radical (unpaired) electrons. The van der Waals surface area contributed by atoms with Crippen molar-refractivity contribution in [2.75, 3.05) is 6.54 Å². The van der Waals surface area contributed by atoms with E-state index >= 15 is 0 Å². The second-order valence-electron chi connectivity index (χ2n) is 3.35. The molecule has 0 aromatic carbocycles. The van der Waals surface area contributed by atoms with Crippen LogP contribution in [0.4, 0.5) is 0 Å². The van der Waals surface area contributed by atoms with Gasteiger partial charge in [-0.05, 0) is 0 Å². The SMILES string of the molecule is Cn1cnc(CC(NC(=O)C[NH-])C(=O)[O-])c1.[Cu+2]. The third-order valence-corrected chi connectivity index (χ3v) is 1.95. The van der Waals surface area contributed by atoms with Crippen molar-refractivity contribution >= 4 is 11.9 Å². The predicted octanol–water partition coefficient (Wildman–Crippen LogP) is -1.75. The summed E-state index contributed by atoms with van der Waals surface area (Å²) in [6, 6.07) is -1.15. The van der Waals surface area contributed by atoms with E-state index in [0.717, 1.165) is 0 Å². The minimum Gasteiger partial charge on any atom is -0.670 e. The molecule has 1 atom stereocenters. The molecule has 0 saturated heterocycles. The van der Waals surface area contributed by atoms with Gasteiger partial charge in [0.2, 0.25) is 0 Å². The number of amides is 1. The van der Waals surface area contributed by atoms with Gasteiger partial charge in [0.05, 0.1) is 24.0 Å². The molecule has 97 valence electrons. The van der Waals surface area contributed by atoms with E-state index in [9.17, 15) is 14.7 Å². The van der Waals surface area contributed by atoms with E-state index in [1.54, 1.807) is 17.8 Å². The van der Waals surface area contributed by atoms with Gasteiger partial charge in [-0.15, -0.1) is 0 Å². The zero-order valence-corrected chi connectivity index (χ0v) is 10.0. The standard InChI is InChI=1S/C9H13N4O3.Cu/c1-13-4-6(11-5-13)2-7(9(15)16)12-8(14)3-10;/h4-5,7,10H,2-3H2,1H3,(H,12,14)(H,15,16);/q-1;+2/p-1. The Morgan fingerprint density at radius 2 is 2.29 bits per heavy atom. The van der Waals surface area contributed by atoms with E-state index in [1.165, 1.54) is 6.33 Å². The Hall–Kier alpha value is -1.37. The Morgan fingerprint density at radius 3 is 2.71 bits per heavy atom. The summed E-state index contributed by atoms with van der Waals surface area (Å²) in [5.74, 6) is -2.03. The Morgan fingerprint density at radius 1 is 1.65 bits per heavy atom. The second kappa shape index (κ2) is 7.05. The van der Waals surface area contributed by atoms with E-state index in [0.29, 0.717) is 5.69 Å². The molecule has 0 aliphatic rings. The number of aryl methyl sites for hydroxylation is 1. The smallest absolute Gasteiger partial charge is 0.670 e. The molecule has 0 aliphatic heterocycles. The Bertz CT molecular complexity index is 393. The van der Waals surface area contributed by atoms with Crippen LogP contribution in [0.3, 0.4) is 0 Å². The predicted molar refractivity (Wildman–Crippen MR) is 53.0 cm³/mol. The quantitative estimate of drug-likeness (QED) is 0.647. The number of carboxylic acids is 1. The number of hydrogen-bond donors (Lipinski definition) is 1. The summed E-state index contributed by atoms with van der Waals surface area (Å²) in [7, 11) is 1.76. The van der Waals surface area contributed by atoms with Crippen molar-refractivity contribution in [3.05, 3.63) is 24.0 Å². The monoisotopic (exact) mass is 287 g/mol. The first-order chi connectivity index (χ1) is 7.52. The molecule has 1 amide bonds. The Labute approximate surface area is 109 Å². The first kappa shape index (κ1) is 15.6. The molecule has 0 aliphatic carbocycles. The molecule has 17 heavy (non-hydrogen) atoms. The van der Waals surface area contributed by atoms with E-state index < -0.39 is 24.5 Å². The van der Waals surface area contributed by atoms with Gasteiger partial charge >= 0.3 is 17.1 Å². The van der Waals surface area contributed by atoms with Gasteiger partial charge in [-0.3, -0.25) is 4.79 Å². The van der Waals surface area contributed by atoms with Crippen molar-refractivity contribution in [1.82, 2.24) is 14.9 Å². The molecule has 1 rings (SSSR count). The average molecular weight is 288 g/mol. The number of rotatable bonds is 5. The van der Waals surface area contributed by atoms with Crippen molar-refractivity contribution in [1.29, 1.82) is 0 Å². The number of nitrogens with zero attached hydrogens (tertiary/aromatic N) is 2. The molecule has 8 heteroatoms. The fourth-order valence-corrected chi connectivity index (χ4v) is 1.22. The summed E-state index contributed by atoms with van der Waals surface area (Å²) in [5, 5.41) is 12.9. The van der Waals surface area contributed by atoms with Crippen LogP contribution < -0.4 is 10.4 Å². The number of nitrogens with one attached hydrogen (secondary N) is 2. The minimum absolute atomic E-state index is 0. The molecule has 1 aromatic heterocycles. The van der Waals surface area contributed by atoms with Gasteiger partial charge in [0.1, 0.15) is 0 Å². The summed E-state index contributed by atoms with van der Waals surface area (Å²) < 4.78 is 1.67. The van der Waals surface area contributed by atoms with Crippen LogP contribution in [0, 0.1) is 0 Å². The fraction of sp³-hybridized carbons (Fsp3) is 0.444. The number of carboxylic acid groups (broad SMARTS) is 1. The van der Waals surface area contributed by atoms with Crippen LogP contribution in [0.1, 0.15) is 5.69 Å². The first-order valence-electron chi connectivity index (χ1n) is 4.64. The summed E-state index contributed by atoms with van der Waals surface area (Å²) in [6.45, 7) is -0.508. The van der Waals surface area contributed by atoms with Crippen molar-refractivity contribution in [2.45, 2.75) is 12.5 Å². The maximum Gasteiger partial charge on any atom is 2.00 e. The van der Waals surface area contributed by atoms with Gasteiger partial charge in [-0.2, -0.15) is 0 Å². The van der Waals surface area contributed by atoms with Gasteiger partial charge in [0.25, 0.3) is 0 Å². The summed E-state index contributed by atoms with van der Waals surface area (Å²) in [4.78, 5) is 25.6. The average Bonchev–Trinajstić information content (AvgIpc) is 2.62. The number of carbonyl (C=O) groups excluding carboxylic acids is 2. The zero-order chi connectivity index (χ0) is 12.1. The molecule has 1 aromatic rings. The van der Waals surface area contributed by atoms with Crippen LogP contribution in [0.2, 0.25) is 0 Å². The van der Waals surface area contributed by atoms with Crippen molar-refractivity contribution in [3.63, 3.8) is 0 Å². The maximum atomic E-state index is 10.9. The topological polar surface area (TPSA) is 111 Å². The molecule has 0 saturated carbocycles. The third-order valence-electron chi connectivity index (χ3n) is 1.95. The normalized spacial score (nSPS) is 11.4. The van der Waals surface area contributed by atoms with Crippen molar-refractivity contribution in [3.8, 4) is 0 Å². The number of carbonyl (C=O) groups is 2. The molecule has 2 N–H and O–H groups in total. The summed E-state index contributed by atoms with van der Waals surface area (Å²) >= 11 is 0. The first-order valence-corrected chi connectivity index (χ1v) is 4.64. The molecule has 1 unspecified atom stereocenters. The van der Waals surface area contributed by atoms with Crippen molar-refractivity contribution < 1.29 is 31.8 Å². The third kappa shape index (κ3) is 4.99. The Kier molecular flexibility index (Phi) is 6.48. The zero-order valence-electron chi connectivity index (χ0n) is 9.07. The van der Waals surface area contributed by atoms with Gasteiger partial charge in [-0.25, -0.2) is 4.98 Å². The van der Waals surface area contributed by atoms with Crippen molar-refractivity contribution in [2.24, 2.45) is 7.05 Å². The van der Waals surface area contributed by atoms with Gasteiger partial charge in [-0.1, -0.05) is 6.54 Å². The van der Waals surface area contributed by atoms with Crippen LogP contribution in [0.25, 0.3) is 5.73 Å². The fourth-order valence-electron chi connectivity index (χ4n) is 1.22. The van der Waals surface area contributed by atoms with Crippen LogP contribution in [-0.4, -0.2) is 34.0 Å². The largest absolute Gasteiger partial charge is 2.00 e. The maximum absolute atomic E-state index is 10.9. The van der Waals surface area contributed by atoms with Crippen LogP contribution in [-0.2, 0) is 40.1 Å². The number of aliphatic carboxylic acids is 1. The Balaban J connectivity index is 0.00000256. The summed E-state index contributed by atoms with van der Waals surface area (Å²) in [5.41, 5.74) is 7.33. The van der Waals surface area contributed by atoms with E-state index in [-0.39, 0.29) is 23.5 Å². The second-order valence-corrected chi connectivity index (χ2v) is 3.35. The molecular formula is C9H12CuN4O3. The molecule has 0 bridgehead atoms. The molecule has 0 fully saturated rings. The molecule has 1 heterocycles. The van der Waals surface area contributed by atoms with Crippen LogP contribution >= 0.6 is 0 Å². The molecule has 0 spiro atoms. The molecule has 7 nitrogen and oxygen atoms in total. The van der Waals surface area contributed by atoms with Gasteiger partial charge in [0.15, 0.2) is 5.91 Å². The van der Waals surface area contributed by atoms with E-state index in [2.05, 4.69) is 10.3 Å². The van der Waals surface area contributed by atoms with Gasteiger partial charge < -0.3 is 25.5 Å². The van der Waals surface area contributed by atoms with E-state index in [1.807, 2.05) is 0 Å². The number of imidazole rings is 1.